The summed E-state index contributed by atoms with van der Waals surface area (Å²) in [6.07, 6.45) is -4.94. The van der Waals surface area contributed by atoms with Crippen LogP contribution in [0, 0.1) is 0 Å². The van der Waals surface area contributed by atoms with E-state index < -0.39 is 27.7 Å². The molecular weight excluding hydrogens is 414 g/mol. The van der Waals surface area contributed by atoms with Gasteiger partial charge in [-0.05, 0) is 0 Å². The number of alkyl halides is 6. The highest BCUT2D eigenvalue weighted by molar-refractivity contribution is 8.17. The second kappa shape index (κ2) is 8.87. The number of hydrogen-bond acceptors (Lipinski definition) is 4. The van der Waals surface area contributed by atoms with Gasteiger partial charge < -0.3 is 4.55 Å². The molecule has 1 aliphatic rings. The Hall–Kier alpha value is -0.590. The van der Waals surface area contributed by atoms with Gasteiger partial charge in [-0.1, -0.05) is 30.3 Å². The van der Waals surface area contributed by atoms with E-state index in [1.54, 1.807) is 0 Å². The third-order valence-electron chi connectivity index (χ3n) is 2.96. The first kappa shape index (κ1) is 22.5. The van der Waals surface area contributed by atoms with Crippen LogP contribution in [-0.4, -0.2) is 47.2 Å². The SMILES string of the molecule is O=S(=O)([O-])C(F)(F)C(F)(F)C(F)F.c1ccc(C[S+]2CCSC2)cc1. The maximum Gasteiger partial charge on any atom is 0.402 e. The van der Waals surface area contributed by atoms with Crippen LogP contribution in [-0.2, 0) is 26.8 Å². The second-order valence-electron chi connectivity index (χ2n) is 4.87. The van der Waals surface area contributed by atoms with Gasteiger partial charge in [0.1, 0.15) is 11.5 Å². The summed E-state index contributed by atoms with van der Waals surface area (Å²) in [6, 6.07) is 10.9. The molecule has 25 heavy (non-hydrogen) atoms. The monoisotopic (exact) mass is 428 g/mol. The molecule has 1 atom stereocenters. The summed E-state index contributed by atoms with van der Waals surface area (Å²) in [7, 11) is -6.13. The lowest BCUT2D eigenvalue weighted by Crippen LogP contribution is -2.51. The van der Waals surface area contributed by atoms with Crippen LogP contribution in [0.15, 0.2) is 30.3 Å². The molecule has 1 aromatic rings. The average molecular weight is 428 g/mol. The molecule has 0 saturated carbocycles. The van der Waals surface area contributed by atoms with Crippen LogP contribution >= 0.6 is 11.8 Å². The fourth-order valence-electron chi connectivity index (χ4n) is 1.63. The van der Waals surface area contributed by atoms with Crippen LogP contribution < -0.4 is 0 Å². The normalized spacial score (nSPS) is 18.8. The molecule has 1 aliphatic heterocycles. The lowest BCUT2D eigenvalue weighted by molar-refractivity contribution is -0.227. The summed E-state index contributed by atoms with van der Waals surface area (Å²) in [5.74, 6) is -2.04. The molecule has 1 unspecified atom stereocenters. The Bertz CT molecular complexity index is 634. The minimum Gasteiger partial charge on any atom is -0.743 e. The van der Waals surface area contributed by atoms with Crippen molar-refractivity contribution in [1.82, 2.24) is 0 Å². The van der Waals surface area contributed by atoms with Crippen LogP contribution in [0.2, 0.25) is 0 Å². The summed E-state index contributed by atoms with van der Waals surface area (Å²) in [5.41, 5.74) is 1.52. The first-order valence-corrected chi connectivity index (χ1v) is 10.9. The van der Waals surface area contributed by atoms with Gasteiger partial charge in [0.2, 0.25) is 0 Å². The first-order chi connectivity index (χ1) is 11.4. The Morgan fingerprint density at radius 3 is 2.08 bits per heavy atom. The molecule has 0 N–H and O–H groups in total. The smallest absolute Gasteiger partial charge is 0.402 e. The minimum atomic E-state index is -6.82. The predicted octanol–water partition coefficient (Wildman–Crippen LogP) is 3.53. The molecule has 12 heteroatoms. The van der Waals surface area contributed by atoms with Crippen molar-refractivity contribution in [3.63, 3.8) is 0 Å². The highest BCUT2D eigenvalue weighted by atomic mass is 32.2. The molecule has 144 valence electrons. The van der Waals surface area contributed by atoms with Gasteiger partial charge in [0, 0.05) is 22.2 Å². The summed E-state index contributed by atoms with van der Waals surface area (Å²) in [5, 5.41) is -4.91. The summed E-state index contributed by atoms with van der Waals surface area (Å²) < 4.78 is 98.0. The van der Waals surface area contributed by atoms with Gasteiger partial charge in [-0.3, -0.25) is 0 Å². The van der Waals surface area contributed by atoms with E-state index in [0.29, 0.717) is 10.9 Å². The summed E-state index contributed by atoms with van der Waals surface area (Å²) in [4.78, 5) is 0. The molecule has 0 aliphatic carbocycles. The van der Waals surface area contributed by atoms with Crippen LogP contribution in [0.5, 0.6) is 0 Å². The number of thioether (sulfide) groups is 1. The van der Waals surface area contributed by atoms with Crippen LogP contribution in [0.1, 0.15) is 5.56 Å². The Kier molecular flexibility index (Phi) is 7.96. The van der Waals surface area contributed by atoms with E-state index >= 15 is 0 Å². The zero-order chi connectivity index (χ0) is 19.3. The lowest BCUT2D eigenvalue weighted by atomic mass is 10.2. The van der Waals surface area contributed by atoms with Gasteiger partial charge in [0.05, 0.1) is 0 Å². The van der Waals surface area contributed by atoms with Gasteiger partial charge in [0.25, 0.3) is 0 Å². The molecule has 1 heterocycles. The zero-order valence-corrected chi connectivity index (χ0v) is 15.0. The Labute approximate surface area is 148 Å². The van der Waals surface area contributed by atoms with Gasteiger partial charge >= 0.3 is 17.6 Å². The van der Waals surface area contributed by atoms with Crippen molar-refractivity contribution in [2.45, 2.75) is 23.4 Å². The maximum atomic E-state index is 11.8. The Balaban J connectivity index is 0.000000250. The van der Waals surface area contributed by atoms with Crippen LogP contribution in [0.25, 0.3) is 0 Å². The van der Waals surface area contributed by atoms with E-state index in [1.807, 2.05) is 0 Å². The van der Waals surface area contributed by atoms with Crippen LogP contribution in [0.3, 0.4) is 0 Å². The number of hydrogen-bond donors (Lipinski definition) is 0. The third-order valence-corrected chi connectivity index (χ3v) is 8.13. The Morgan fingerprint density at radius 2 is 1.72 bits per heavy atom. The van der Waals surface area contributed by atoms with Crippen molar-refractivity contribution in [2.75, 3.05) is 16.6 Å². The van der Waals surface area contributed by atoms with E-state index in [1.165, 1.54) is 27.9 Å². The molecule has 1 fully saturated rings. The van der Waals surface area contributed by atoms with Crippen molar-refractivity contribution in [3.8, 4) is 0 Å². The van der Waals surface area contributed by atoms with Crippen molar-refractivity contribution in [2.24, 2.45) is 0 Å². The van der Waals surface area contributed by atoms with Crippen LogP contribution in [0.4, 0.5) is 26.3 Å². The Morgan fingerprint density at radius 1 is 1.16 bits per heavy atom. The van der Waals surface area contributed by atoms with E-state index in [-0.39, 0.29) is 0 Å². The average Bonchev–Trinajstić information content (AvgIpc) is 3.00. The molecule has 0 spiro atoms. The number of halogens is 6. The van der Waals surface area contributed by atoms with E-state index in [0.717, 1.165) is 0 Å². The van der Waals surface area contributed by atoms with Gasteiger partial charge in [0.15, 0.2) is 15.2 Å². The summed E-state index contributed by atoms with van der Waals surface area (Å²) >= 11 is 2.11. The maximum absolute atomic E-state index is 11.8. The summed E-state index contributed by atoms with van der Waals surface area (Å²) in [6.45, 7) is 0. The number of rotatable bonds is 5. The molecular formula is C13H14F6O3S3. The van der Waals surface area contributed by atoms with Gasteiger partial charge in [-0.25, -0.2) is 17.2 Å². The van der Waals surface area contributed by atoms with Crippen molar-refractivity contribution in [1.29, 1.82) is 0 Å². The largest absolute Gasteiger partial charge is 0.743 e. The lowest BCUT2D eigenvalue weighted by Gasteiger charge is -2.27. The van der Waals surface area contributed by atoms with E-state index in [2.05, 4.69) is 42.1 Å². The first-order valence-electron chi connectivity index (χ1n) is 6.64. The zero-order valence-electron chi connectivity index (χ0n) is 12.5. The quantitative estimate of drug-likeness (QED) is 0.409. The number of benzene rings is 1. The highest BCUT2D eigenvalue weighted by Crippen LogP contribution is 2.42. The predicted molar refractivity (Wildman–Crippen MR) is 85.3 cm³/mol. The van der Waals surface area contributed by atoms with Gasteiger partial charge in [-0.15, -0.1) is 11.8 Å². The topological polar surface area (TPSA) is 57.2 Å². The third kappa shape index (κ3) is 5.97. The van der Waals surface area contributed by atoms with Crippen molar-refractivity contribution in [3.05, 3.63) is 35.9 Å². The minimum absolute atomic E-state index is 0.685. The van der Waals surface area contributed by atoms with E-state index in [9.17, 15) is 39.3 Å². The molecule has 0 radical (unpaired) electrons. The molecule has 0 bridgehead atoms. The van der Waals surface area contributed by atoms with Crippen molar-refractivity contribution >= 4 is 32.8 Å². The second-order valence-corrected chi connectivity index (χ2v) is 9.97. The molecule has 0 amide bonds. The molecule has 1 saturated heterocycles. The van der Waals surface area contributed by atoms with Crippen molar-refractivity contribution < 1.29 is 39.3 Å². The highest BCUT2D eigenvalue weighted by Gasteiger charge is 2.67. The fraction of sp³-hybridized carbons (Fsp3) is 0.538. The molecule has 2 rings (SSSR count). The fourth-order valence-corrected chi connectivity index (χ4v) is 6.49. The molecule has 0 aromatic heterocycles. The molecule has 1 aromatic carbocycles. The standard InChI is InChI=1S/C10H13S2.C3H2F6O3S/c1-2-4-10(5-3-1)8-12-7-6-11-9-12;4-1(5)2(6,7)3(8,9)13(10,11)12/h1-5H,6-9H2;1H,(H,10,11,12)/q+1;/p-1. The van der Waals surface area contributed by atoms with Gasteiger partial charge in [-0.2, -0.15) is 17.6 Å². The van der Waals surface area contributed by atoms with E-state index in [4.69, 9.17) is 0 Å². The molecule has 3 nitrogen and oxygen atoms in total.